The Morgan fingerprint density at radius 2 is 1.92 bits per heavy atom. The lowest BCUT2D eigenvalue weighted by Crippen LogP contribution is -2.33. The van der Waals surface area contributed by atoms with Crippen molar-refractivity contribution in [2.24, 2.45) is 0 Å². The van der Waals surface area contributed by atoms with E-state index in [1.807, 2.05) is 12.1 Å². The topological polar surface area (TPSA) is 79.1 Å². The summed E-state index contributed by atoms with van der Waals surface area (Å²) in [6, 6.07) is 8.12. The van der Waals surface area contributed by atoms with Crippen LogP contribution < -0.4 is 16.4 Å². The van der Waals surface area contributed by atoms with Crippen molar-refractivity contribution < 1.29 is 0 Å². The first-order valence-corrected chi connectivity index (χ1v) is 8.63. The molecule has 2 heterocycles. The first kappa shape index (κ1) is 16.5. The van der Waals surface area contributed by atoms with Gasteiger partial charge in [0.2, 0.25) is 0 Å². The van der Waals surface area contributed by atoms with Gasteiger partial charge in [-0.1, -0.05) is 18.6 Å². The fourth-order valence-electron chi connectivity index (χ4n) is 3.01. The zero-order valence-corrected chi connectivity index (χ0v) is 14.3. The summed E-state index contributed by atoms with van der Waals surface area (Å²) >= 11 is 0. The molecule has 1 saturated heterocycles. The second kappa shape index (κ2) is 7.97. The maximum absolute atomic E-state index is 6.22. The molecule has 0 amide bonds. The van der Waals surface area contributed by atoms with Gasteiger partial charge in [-0.3, -0.25) is 0 Å². The van der Waals surface area contributed by atoms with Crippen molar-refractivity contribution in [2.75, 3.05) is 42.5 Å². The zero-order valence-electron chi connectivity index (χ0n) is 14.3. The molecule has 4 N–H and O–H groups in total. The minimum Gasteiger partial charge on any atom is -0.393 e. The SMILES string of the molecule is Cc1cccc(Nc2ncnc(NCCN3CCCCC3)c2N)c1. The fraction of sp³-hybridized carbons (Fsp3) is 0.444. The normalized spacial score (nSPS) is 15.2. The van der Waals surface area contributed by atoms with Crippen molar-refractivity contribution in [3.05, 3.63) is 36.2 Å². The Balaban J connectivity index is 1.60. The number of hydrogen-bond acceptors (Lipinski definition) is 6. The molecule has 0 atom stereocenters. The second-order valence-corrected chi connectivity index (χ2v) is 6.31. The van der Waals surface area contributed by atoms with Crippen LogP contribution in [0.15, 0.2) is 30.6 Å². The highest BCUT2D eigenvalue weighted by molar-refractivity contribution is 5.77. The van der Waals surface area contributed by atoms with Crippen LogP contribution in [0.5, 0.6) is 0 Å². The lowest BCUT2D eigenvalue weighted by molar-refractivity contribution is 0.237. The Bertz CT molecular complexity index is 666. The lowest BCUT2D eigenvalue weighted by Gasteiger charge is -2.26. The summed E-state index contributed by atoms with van der Waals surface area (Å²) in [5.74, 6) is 1.33. The molecule has 0 spiro atoms. The van der Waals surface area contributed by atoms with E-state index in [2.05, 4.69) is 44.6 Å². The molecular weight excluding hydrogens is 300 g/mol. The van der Waals surface area contributed by atoms with Crippen molar-refractivity contribution in [1.82, 2.24) is 14.9 Å². The summed E-state index contributed by atoms with van der Waals surface area (Å²) in [5.41, 5.74) is 8.94. The van der Waals surface area contributed by atoms with Crippen molar-refractivity contribution in [1.29, 1.82) is 0 Å². The molecule has 1 aliphatic heterocycles. The minimum absolute atomic E-state index is 0.553. The molecule has 0 saturated carbocycles. The van der Waals surface area contributed by atoms with Crippen LogP contribution in [0.25, 0.3) is 0 Å². The number of benzene rings is 1. The maximum Gasteiger partial charge on any atom is 0.159 e. The maximum atomic E-state index is 6.22. The molecule has 6 heteroatoms. The average molecular weight is 326 g/mol. The van der Waals surface area contributed by atoms with E-state index in [4.69, 9.17) is 5.73 Å². The van der Waals surface area contributed by atoms with Gasteiger partial charge in [-0.15, -0.1) is 0 Å². The summed E-state index contributed by atoms with van der Waals surface area (Å²) in [6.45, 7) is 6.31. The Morgan fingerprint density at radius 3 is 2.71 bits per heavy atom. The standard InChI is InChI=1S/C18H26N6/c1-14-6-5-7-15(12-14)23-18-16(19)17(21-13-22-18)20-8-11-24-9-3-2-4-10-24/h5-7,12-13H,2-4,8-11,19H2,1H3,(H2,20,21,22,23). The highest BCUT2D eigenvalue weighted by Gasteiger charge is 2.11. The third-order valence-corrected chi connectivity index (χ3v) is 4.33. The van der Waals surface area contributed by atoms with Crippen LogP contribution in [0.4, 0.5) is 23.0 Å². The van der Waals surface area contributed by atoms with Gasteiger partial charge in [-0.05, 0) is 50.6 Å². The van der Waals surface area contributed by atoms with E-state index >= 15 is 0 Å². The molecular formula is C18H26N6. The van der Waals surface area contributed by atoms with E-state index in [-0.39, 0.29) is 0 Å². The molecule has 1 fully saturated rings. The highest BCUT2D eigenvalue weighted by atomic mass is 15.2. The van der Waals surface area contributed by atoms with Crippen molar-refractivity contribution >= 4 is 23.0 Å². The van der Waals surface area contributed by atoms with Crippen LogP contribution in [0.1, 0.15) is 24.8 Å². The van der Waals surface area contributed by atoms with E-state index in [9.17, 15) is 0 Å². The van der Waals surface area contributed by atoms with Crippen molar-refractivity contribution in [2.45, 2.75) is 26.2 Å². The van der Waals surface area contributed by atoms with Gasteiger partial charge < -0.3 is 21.3 Å². The second-order valence-electron chi connectivity index (χ2n) is 6.31. The van der Waals surface area contributed by atoms with E-state index in [1.54, 1.807) is 0 Å². The Kier molecular flexibility index (Phi) is 5.48. The Hall–Kier alpha value is -2.34. The molecule has 6 nitrogen and oxygen atoms in total. The molecule has 24 heavy (non-hydrogen) atoms. The quantitative estimate of drug-likeness (QED) is 0.757. The number of likely N-dealkylation sites (tertiary alicyclic amines) is 1. The third kappa shape index (κ3) is 4.35. The molecule has 2 aromatic rings. The van der Waals surface area contributed by atoms with Crippen LogP contribution in [-0.2, 0) is 0 Å². The number of nitrogen functional groups attached to an aromatic ring is 1. The van der Waals surface area contributed by atoms with Crippen LogP contribution in [0.3, 0.4) is 0 Å². The van der Waals surface area contributed by atoms with E-state index in [0.717, 1.165) is 18.8 Å². The van der Waals surface area contributed by atoms with Gasteiger partial charge >= 0.3 is 0 Å². The van der Waals surface area contributed by atoms with Crippen molar-refractivity contribution in [3.8, 4) is 0 Å². The molecule has 0 bridgehead atoms. The summed E-state index contributed by atoms with van der Waals surface area (Å²) in [4.78, 5) is 11.0. The highest BCUT2D eigenvalue weighted by Crippen LogP contribution is 2.25. The first-order chi connectivity index (χ1) is 11.7. The van der Waals surface area contributed by atoms with Crippen LogP contribution in [-0.4, -0.2) is 41.0 Å². The number of hydrogen-bond donors (Lipinski definition) is 3. The number of anilines is 4. The number of nitrogens with zero attached hydrogens (tertiary/aromatic N) is 3. The molecule has 1 aliphatic rings. The Morgan fingerprint density at radius 1 is 1.12 bits per heavy atom. The summed E-state index contributed by atoms with van der Waals surface area (Å²) in [7, 11) is 0. The van der Waals surface area contributed by atoms with Crippen LogP contribution in [0.2, 0.25) is 0 Å². The molecule has 0 radical (unpaired) electrons. The van der Waals surface area contributed by atoms with Crippen LogP contribution >= 0.6 is 0 Å². The van der Waals surface area contributed by atoms with Gasteiger partial charge in [0.05, 0.1) is 0 Å². The van der Waals surface area contributed by atoms with Gasteiger partial charge in [-0.25, -0.2) is 9.97 Å². The third-order valence-electron chi connectivity index (χ3n) is 4.33. The van der Waals surface area contributed by atoms with E-state index in [1.165, 1.54) is 44.2 Å². The zero-order chi connectivity index (χ0) is 16.8. The van der Waals surface area contributed by atoms with E-state index in [0.29, 0.717) is 17.3 Å². The molecule has 0 unspecified atom stereocenters. The smallest absolute Gasteiger partial charge is 0.159 e. The number of nitrogens with one attached hydrogen (secondary N) is 2. The van der Waals surface area contributed by atoms with Gasteiger partial charge in [0.15, 0.2) is 11.6 Å². The van der Waals surface area contributed by atoms with Crippen LogP contribution in [0, 0.1) is 6.92 Å². The van der Waals surface area contributed by atoms with Gasteiger partial charge in [0, 0.05) is 18.8 Å². The number of rotatable bonds is 6. The van der Waals surface area contributed by atoms with Gasteiger partial charge in [0.1, 0.15) is 12.0 Å². The van der Waals surface area contributed by atoms with Gasteiger partial charge in [-0.2, -0.15) is 0 Å². The average Bonchev–Trinajstić information content (AvgIpc) is 2.59. The molecule has 3 rings (SSSR count). The Labute approximate surface area is 143 Å². The van der Waals surface area contributed by atoms with E-state index < -0.39 is 0 Å². The number of aryl methyl sites for hydroxylation is 1. The predicted octanol–water partition coefficient (Wildman–Crippen LogP) is 3.01. The summed E-state index contributed by atoms with van der Waals surface area (Å²) in [5, 5.41) is 6.61. The number of nitrogens with two attached hydrogens (primary N) is 1. The summed E-state index contributed by atoms with van der Waals surface area (Å²) in [6.07, 6.45) is 5.51. The minimum atomic E-state index is 0.553. The van der Waals surface area contributed by atoms with Crippen molar-refractivity contribution in [3.63, 3.8) is 0 Å². The molecule has 1 aromatic carbocycles. The number of aromatic nitrogens is 2. The molecule has 0 aliphatic carbocycles. The predicted molar refractivity (Wildman–Crippen MR) is 99.7 cm³/mol. The lowest BCUT2D eigenvalue weighted by atomic mass is 10.1. The summed E-state index contributed by atoms with van der Waals surface area (Å²) < 4.78 is 0. The first-order valence-electron chi connectivity index (χ1n) is 8.63. The number of piperidine rings is 1. The van der Waals surface area contributed by atoms with Gasteiger partial charge in [0.25, 0.3) is 0 Å². The fourth-order valence-corrected chi connectivity index (χ4v) is 3.01. The molecule has 128 valence electrons. The largest absolute Gasteiger partial charge is 0.393 e. The monoisotopic (exact) mass is 326 g/mol. The molecule has 1 aromatic heterocycles.